The second kappa shape index (κ2) is 7.33. The molecule has 4 nitrogen and oxygen atoms in total. The molecule has 1 aliphatic carbocycles. The molecule has 1 aromatic carbocycles. The topological polar surface area (TPSA) is 52.9 Å². The summed E-state index contributed by atoms with van der Waals surface area (Å²) in [7, 11) is 0. The number of halogens is 2. The van der Waals surface area contributed by atoms with Gasteiger partial charge in [0.05, 0.1) is 6.10 Å². The van der Waals surface area contributed by atoms with Crippen LogP contribution in [0.25, 0.3) is 0 Å². The lowest BCUT2D eigenvalue weighted by Gasteiger charge is -2.46. The average molecular weight is 341 g/mol. The monoisotopic (exact) mass is 341 g/mol. The van der Waals surface area contributed by atoms with E-state index in [0.717, 1.165) is 37.6 Å². The average Bonchev–Trinajstić information content (AvgIpc) is 2.59. The van der Waals surface area contributed by atoms with Gasteiger partial charge in [0.15, 0.2) is 11.6 Å². The van der Waals surface area contributed by atoms with E-state index in [0.29, 0.717) is 12.5 Å². The number of hydrogen-bond acceptors (Lipinski definition) is 4. The summed E-state index contributed by atoms with van der Waals surface area (Å²) in [5, 5.41) is 21.1. The maximum atomic E-state index is 13.7. The lowest BCUT2D eigenvalue weighted by Crippen LogP contribution is -2.61. The first-order valence-corrected chi connectivity index (χ1v) is 8.70. The molecule has 2 fully saturated rings. The molecule has 0 radical (unpaired) electrons. The fourth-order valence-electron chi connectivity index (χ4n) is 3.78. The van der Waals surface area contributed by atoms with Crippen LogP contribution in [0.4, 0.5) is 8.78 Å². The van der Waals surface area contributed by atoms with Gasteiger partial charge in [0, 0.05) is 25.2 Å². The van der Waals surface area contributed by atoms with Gasteiger partial charge in [-0.2, -0.15) is 0 Å². The smallest absolute Gasteiger partial charge is 0.165 e. The van der Waals surface area contributed by atoms with E-state index in [4.69, 9.17) is 4.74 Å². The van der Waals surface area contributed by atoms with E-state index in [-0.39, 0.29) is 18.9 Å². The maximum Gasteiger partial charge on any atom is 0.165 e. The molecular weight excluding hydrogens is 316 g/mol. The summed E-state index contributed by atoms with van der Waals surface area (Å²) in [4.78, 5) is 2.21. The van der Waals surface area contributed by atoms with E-state index < -0.39 is 23.3 Å². The van der Waals surface area contributed by atoms with Gasteiger partial charge in [0.25, 0.3) is 0 Å². The van der Waals surface area contributed by atoms with E-state index in [1.807, 2.05) is 0 Å². The van der Waals surface area contributed by atoms with Crippen LogP contribution in [0, 0.1) is 11.6 Å². The van der Waals surface area contributed by atoms with Crippen LogP contribution in [0.3, 0.4) is 0 Å². The van der Waals surface area contributed by atoms with Gasteiger partial charge < -0.3 is 14.9 Å². The second-order valence-electron chi connectivity index (χ2n) is 7.03. The molecule has 1 aliphatic heterocycles. The minimum Gasteiger partial charge on any atom is -0.487 e. The first kappa shape index (κ1) is 17.6. The Kier molecular flexibility index (Phi) is 5.37. The third-order valence-corrected chi connectivity index (χ3v) is 5.25. The molecule has 24 heavy (non-hydrogen) atoms. The minimum atomic E-state index is -1.48. The number of ether oxygens (including phenoxy) is 1. The van der Waals surface area contributed by atoms with Crippen molar-refractivity contribution in [2.24, 2.45) is 0 Å². The Morgan fingerprint density at radius 3 is 2.67 bits per heavy atom. The van der Waals surface area contributed by atoms with Crippen LogP contribution < -0.4 is 4.74 Å². The highest BCUT2D eigenvalue weighted by Crippen LogP contribution is 2.30. The van der Waals surface area contributed by atoms with Crippen LogP contribution in [-0.4, -0.2) is 52.6 Å². The number of nitrogens with zero attached hydrogens (tertiary/aromatic N) is 1. The molecule has 0 bridgehead atoms. The molecule has 0 unspecified atom stereocenters. The first-order valence-electron chi connectivity index (χ1n) is 8.70. The van der Waals surface area contributed by atoms with Gasteiger partial charge in [-0.05, 0) is 31.4 Å². The van der Waals surface area contributed by atoms with E-state index in [9.17, 15) is 19.0 Å². The highest BCUT2D eigenvalue weighted by molar-refractivity contribution is 5.25. The molecule has 3 rings (SSSR count). The van der Waals surface area contributed by atoms with Gasteiger partial charge >= 0.3 is 0 Å². The predicted molar refractivity (Wildman–Crippen MR) is 85.9 cm³/mol. The van der Waals surface area contributed by atoms with Crippen molar-refractivity contribution in [3.63, 3.8) is 0 Å². The molecule has 134 valence electrons. The van der Waals surface area contributed by atoms with Crippen LogP contribution in [-0.2, 0) is 0 Å². The number of piperidine rings is 1. The standard InChI is InChI=1S/C18H25F2NO3/c19-13-6-7-15(20)16(10-13)24-12-18(23)11-21(9-8-17(18)22)14-4-2-1-3-5-14/h6-7,10,14,17,22-23H,1-5,8-9,11-12H2/t17-,18-/m0/s1. The van der Waals surface area contributed by atoms with Crippen molar-refractivity contribution in [1.29, 1.82) is 0 Å². The van der Waals surface area contributed by atoms with E-state index in [1.165, 1.54) is 19.3 Å². The van der Waals surface area contributed by atoms with Gasteiger partial charge in [-0.3, -0.25) is 4.90 Å². The second-order valence-corrected chi connectivity index (χ2v) is 7.03. The highest BCUT2D eigenvalue weighted by Gasteiger charge is 2.43. The van der Waals surface area contributed by atoms with Gasteiger partial charge in [0.1, 0.15) is 18.0 Å². The Bertz CT molecular complexity index is 565. The minimum absolute atomic E-state index is 0.245. The number of hydrogen-bond donors (Lipinski definition) is 2. The number of rotatable bonds is 4. The summed E-state index contributed by atoms with van der Waals surface area (Å²) < 4.78 is 32.2. The van der Waals surface area contributed by atoms with Crippen molar-refractivity contribution >= 4 is 0 Å². The van der Waals surface area contributed by atoms with Crippen LogP contribution in [0.15, 0.2) is 18.2 Å². The van der Waals surface area contributed by atoms with Gasteiger partial charge in [-0.15, -0.1) is 0 Å². The van der Waals surface area contributed by atoms with E-state index >= 15 is 0 Å². The van der Waals surface area contributed by atoms with Crippen molar-refractivity contribution in [3.05, 3.63) is 29.8 Å². The summed E-state index contributed by atoms with van der Waals surface area (Å²) in [6.07, 6.45) is 5.34. The lowest BCUT2D eigenvalue weighted by molar-refractivity contribution is -0.147. The Morgan fingerprint density at radius 1 is 1.17 bits per heavy atom. The fraction of sp³-hybridized carbons (Fsp3) is 0.667. The molecular formula is C18H25F2NO3. The summed E-state index contributed by atoms with van der Waals surface area (Å²) >= 11 is 0. The Balaban J connectivity index is 1.66. The molecule has 6 heteroatoms. The van der Waals surface area contributed by atoms with Gasteiger partial charge in [-0.1, -0.05) is 19.3 Å². The SMILES string of the molecule is O[C@H]1CCN(C2CCCCC2)C[C@]1(O)COc1cc(F)ccc1F. The van der Waals surface area contributed by atoms with Crippen LogP contribution in [0.2, 0.25) is 0 Å². The number of likely N-dealkylation sites (tertiary alicyclic amines) is 1. The zero-order chi connectivity index (χ0) is 17.2. The van der Waals surface area contributed by atoms with Crippen molar-refractivity contribution in [2.45, 2.75) is 56.3 Å². The third kappa shape index (κ3) is 3.87. The summed E-state index contributed by atoms with van der Waals surface area (Å²) in [6.45, 7) is 0.760. The predicted octanol–water partition coefficient (Wildman–Crippen LogP) is 2.47. The molecule has 0 amide bonds. The van der Waals surface area contributed by atoms with Crippen LogP contribution >= 0.6 is 0 Å². The van der Waals surface area contributed by atoms with Crippen molar-refractivity contribution in [1.82, 2.24) is 4.90 Å². The van der Waals surface area contributed by atoms with Crippen molar-refractivity contribution < 1.29 is 23.7 Å². The zero-order valence-corrected chi connectivity index (χ0v) is 13.8. The van der Waals surface area contributed by atoms with Gasteiger partial charge in [-0.25, -0.2) is 8.78 Å². The third-order valence-electron chi connectivity index (χ3n) is 5.25. The molecule has 0 aromatic heterocycles. The number of aliphatic hydroxyl groups is 2. The van der Waals surface area contributed by atoms with E-state index in [1.54, 1.807) is 0 Å². The molecule has 2 N–H and O–H groups in total. The highest BCUT2D eigenvalue weighted by atomic mass is 19.1. The Labute approximate surface area is 141 Å². The molecule has 1 saturated carbocycles. The molecule has 0 spiro atoms. The summed E-state index contributed by atoms with van der Waals surface area (Å²) in [5.41, 5.74) is -1.48. The molecule has 1 aromatic rings. The van der Waals surface area contributed by atoms with Crippen molar-refractivity contribution in [3.8, 4) is 5.75 Å². The zero-order valence-electron chi connectivity index (χ0n) is 13.8. The Morgan fingerprint density at radius 2 is 1.92 bits per heavy atom. The number of aliphatic hydroxyl groups excluding tert-OH is 1. The normalized spacial score (nSPS) is 29.6. The lowest BCUT2D eigenvalue weighted by atomic mass is 9.86. The first-order chi connectivity index (χ1) is 11.5. The maximum absolute atomic E-state index is 13.7. The largest absolute Gasteiger partial charge is 0.487 e. The van der Waals surface area contributed by atoms with Crippen molar-refractivity contribution in [2.75, 3.05) is 19.7 Å². The molecule has 2 aliphatic rings. The van der Waals surface area contributed by atoms with Crippen LogP contribution in [0.1, 0.15) is 38.5 Å². The number of β-amino-alcohol motifs (C(OH)–C–C–N with tert-alkyl or cyclic N) is 1. The molecule has 1 heterocycles. The van der Waals surface area contributed by atoms with Crippen LogP contribution in [0.5, 0.6) is 5.75 Å². The summed E-state index contributed by atoms with van der Waals surface area (Å²) in [6, 6.07) is 3.37. The van der Waals surface area contributed by atoms with Gasteiger partial charge in [0.2, 0.25) is 0 Å². The Hall–Kier alpha value is -1.24. The van der Waals surface area contributed by atoms with E-state index in [2.05, 4.69) is 4.90 Å². The molecule has 1 saturated heterocycles. The quantitative estimate of drug-likeness (QED) is 0.883. The number of benzene rings is 1. The summed E-state index contributed by atoms with van der Waals surface area (Å²) in [5.74, 6) is -1.54. The molecule has 2 atom stereocenters. The fourth-order valence-corrected chi connectivity index (χ4v) is 3.78.